The molecule has 0 aliphatic heterocycles. The monoisotopic (exact) mass is 306 g/mol. The molecule has 2 aromatic rings. The van der Waals surface area contributed by atoms with Crippen molar-refractivity contribution in [3.63, 3.8) is 0 Å². The highest BCUT2D eigenvalue weighted by molar-refractivity contribution is 6.37. The molecule has 2 aromatic carbocycles. The maximum atomic E-state index is 11.5. The summed E-state index contributed by atoms with van der Waals surface area (Å²) in [4.78, 5) is 11.5. The predicted octanol–water partition coefficient (Wildman–Crippen LogP) is 4.93. The van der Waals surface area contributed by atoms with Crippen LogP contribution in [0.2, 0.25) is 10.0 Å². The summed E-state index contributed by atoms with van der Waals surface area (Å²) in [5, 5.41) is 10.2. The quantitative estimate of drug-likeness (QED) is 0.645. The molecule has 1 N–H and O–H groups in total. The second-order valence-corrected chi connectivity index (χ2v) is 5.25. The Balaban J connectivity index is 2.57. The van der Waals surface area contributed by atoms with Gasteiger partial charge in [0.25, 0.3) is 0 Å². The van der Waals surface area contributed by atoms with E-state index >= 15 is 0 Å². The van der Waals surface area contributed by atoms with Gasteiger partial charge in [0.05, 0.1) is 5.57 Å². The van der Waals surface area contributed by atoms with Crippen LogP contribution in [0.25, 0.3) is 11.6 Å². The van der Waals surface area contributed by atoms with Crippen LogP contribution in [0.4, 0.5) is 0 Å². The van der Waals surface area contributed by atoms with E-state index < -0.39 is 5.97 Å². The molecule has 4 heteroatoms. The highest BCUT2D eigenvalue weighted by Gasteiger charge is 2.14. The lowest BCUT2D eigenvalue weighted by molar-refractivity contribution is -0.130. The predicted molar refractivity (Wildman–Crippen MR) is 83.1 cm³/mol. The van der Waals surface area contributed by atoms with Gasteiger partial charge in [0.1, 0.15) is 0 Å². The van der Waals surface area contributed by atoms with Crippen molar-refractivity contribution in [2.45, 2.75) is 6.92 Å². The number of carboxylic acids is 1. The lowest BCUT2D eigenvalue weighted by atomic mass is 10.0. The second-order valence-electron chi connectivity index (χ2n) is 4.40. The van der Waals surface area contributed by atoms with Gasteiger partial charge in [0, 0.05) is 15.6 Å². The van der Waals surface area contributed by atoms with E-state index in [1.54, 1.807) is 24.3 Å². The molecule has 0 bridgehead atoms. The van der Waals surface area contributed by atoms with Gasteiger partial charge >= 0.3 is 5.97 Å². The first kappa shape index (κ1) is 14.6. The van der Waals surface area contributed by atoms with Crippen LogP contribution in [0.5, 0.6) is 0 Å². The van der Waals surface area contributed by atoms with E-state index in [-0.39, 0.29) is 5.57 Å². The van der Waals surface area contributed by atoms with Crippen molar-refractivity contribution in [1.82, 2.24) is 0 Å². The van der Waals surface area contributed by atoms with Crippen molar-refractivity contribution in [2.75, 3.05) is 0 Å². The molecule has 0 amide bonds. The lowest BCUT2D eigenvalue weighted by Gasteiger charge is -2.07. The summed E-state index contributed by atoms with van der Waals surface area (Å²) >= 11 is 12.0. The Morgan fingerprint density at radius 2 is 1.90 bits per heavy atom. The Labute approximate surface area is 127 Å². The molecule has 0 spiro atoms. The maximum Gasteiger partial charge on any atom is 0.336 e. The van der Waals surface area contributed by atoms with Crippen molar-refractivity contribution >= 4 is 40.8 Å². The highest BCUT2D eigenvalue weighted by Crippen LogP contribution is 2.29. The molecule has 0 fully saturated rings. The van der Waals surface area contributed by atoms with E-state index in [1.807, 2.05) is 31.2 Å². The molecular weight excluding hydrogens is 295 g/mol. The molecule has 0 aliphatic rings. The molecule has 0 aliphatic carbocycles. The normalized spacial score (nSPS) is 11.4. The number of rotatable bonds is 3. The molecule has 20 heavy (non-hydrogen) atoms. The van der Waals surface area contributed by atoms with Crippen LogP contribution in [-0.2, 0) is 4.79 Å². The Kier molecular flexibility index (Phi) is 4.48. The molecule has 0 unspecified atom stereocenters. The molecule has 0 atom stereocenters. The van der Waals surface area contributed by atoms with E-state index in [4.69, 9.17) is 23.2 Å². The fraction of sp³-hybridized carbons (Fsp3) is 0.0625. The van der Waals surface area contributed by atoms with Gasteiger partial charge in [0.2, 0.25) is 0 Å². The minimum atomic E-state index is -1.05. The maximum absolute atomic E-state index is 11.5. The zero-order valence-electron chi connectivity index (χ0n) is 10.7. The summed E-state index contributed by atoms with van der Waals surface area (Å²) in [6.45, 7) is 1.95. The highest BCUT2D eigenvalue weighted by atomic mass is 35.5. The minimum absolute atomic E-state index is 0.114. The van der Waals surface area contributed by atoms with Crippen molar-refractivity contribution in [3.8, 4) is 0 Å². The van der Waals surface area contributed by atoms with E-state index in [1.165, 1.54) is 0 Å². The van der Waals surface area contributed by atoms with Gasteiger partial charge in [-0.2, -0.15) is 0 Å². The number of hydrogen-bond donors (Lipinski definition) is 1. The standard InChI is InChI=1S/C16H12Cl2O2/c1-10-3-2-4-11(7-10)8-14(16(19)20)13-9-12(17)5-6-15(13)18/h2-9H,1H3,(H,19,20)/b14-8-. The Morgan fingerprint density at radius 3 is 2.55 bits per heavy atom. The Hall–Kier alpha value is -1.77. The van der Waals surface area contributed by atoms with E-state index in [0.29, 0.717) is 15.6 Å². The third-order valence-electron chi connectivity index (χ3n) is 2.80. The minimum Gasteiger partial charge on any atom is -0.478 e. The lowest BCUT2D eigenvalue weighted by Crippen LogP contribution is -2.00. The van der Waals surface area contributed by atoms with Crippen LogP contribution in [0.3, 0.4) is 0 Å². The van der Waals surface area contributed by atoms with Crippen LogP contribution < -0.4 is 0 Å². The molecule has 0 aromatic heterocycles. The SMILES string of the molecule is Cc1cccc(/C=C(\C(=O)O)c2cc(Cl)ccc2Cl)c1. The van der Waals surface area contributed by atoms with Crippen molar-refractivity contribution in [3.05, 3.63) is 69.2 Å². The van der Waals surface area contributed by atoms with Gasteiger partial charge < -0.3 is 5.11 Å². The van der Waals surface area contributed by atoms with Crippen LogP contribution in [-0.4, -0.2) is 11.1 Å². The third kappa shape index (κ3) is 3.41. The number of aliphatic carboxylic acids is 1. The molecule has 0 saturated heterocycles. The number of aryl methyl sites for hydroxylation is 1. The van der Waals surface area contributed by atoms with Gasteiger partial charge in [0.15, 0.2) is 0 Å². The molecule has 102 valence electrons. The van der Waals surface area contributed by atoms with Gasteiger partial charge in [-0.1, -0.05) is 53.0 Å². The fourth-order valence-corrected chi connectivity index (χ4v) is 2.28. The van der Waals surface area contributed by atoms with Crippen molar-refractivity contribution in [1.29, 1.82) is 0 Å². The second kappa shape index (κ2) is 6.12. The summed E-state index contributed by atoms with van der Waals surface area (Å²) in [6.07, 6.45) is 1.59. The first-order chi connectivity index (χ1) is 9.47. The molecule has 2 rings (SSSR count). The van der Waals surface area contributed by atoms with Gasteiger partial charge in [-0.25, -0.2) is 4.79 Å². The average Bonchev–Trinajstić information content (AvgIpc) is 2.39. The number of hydrogen-bond acceptors (Lipinski definition) is 1. The summed E-state index contributed by atoms with van der Waals surface area (Å²) < 4.78 is 0. The van der Waals surface area contributed by atoms with E-state index in [2.05, 4.69) is 0 Å². The number of halogens is 2. The van der Waals surface area contributed by atoms with Crippen molar-refractivity contribution < 1.29 is 9.90 Å². The van der Waals surface area contributed by atoms with Crippen LogP contribution in [0, 0.1) is 6.92 Å². The summed E-state index contributed by atoms with van der Waals surface area (Å²) in [6, 6.07) is 12.3. The van der Waals surface area contributed by atoms with Gasteiger partial charge in [-0.15, -0.1) is 0 Å². The number of carbonyl (C=O) groups is 1. The molecule has 0 radical (unpaired) electrons. The largest absolute Gasteiger partial charge is 0.478 e. The van der Waals surface area contributed by atoms with Gasteiger partial charge in [-0.3, -0.25) is 0 Å². The first-order valence-electron chi connectivity index (χ1n) is 5.94. The van der Waals surface area contributed by atoms with Gasteiger partial charge in [-0.05, 0) is 36.8 Å². The zero-order chi connectivity index (χ0) is 14.7. The fourth-order valence-electron chi connectivity index (χ4n) is 1.89. The summed E-state index contributed by atoms with van der Waals surface area (Å²) in [5.41, 5.74) is 2.38. The van der Waals surface area contributed by atoms with E-state index in [0.717, 1.165) is 11.1 Å². The number of benzene rings is 2. The first-order valence-corrected chi connectivity index (χ1v) is 6.70. The Morgan fingerprint density at radius 1 is 1.15 bits per heavy atom. The smallest absolute Gasteiger partial charge is 0.336 e. The Bertz CT molecular complexity index is 691. The van der Waals surface area contributed by atoms with E-state index in [9.17, 15) is 9.90 Å². The molecule has 2 nitrogen and oxygen atoms in total. The average molecular weight is 307 g/mol. The molecule has 0 heterocycles. The van der Waals surface area contributed by atoms with Crippen LogP contribution in [0.1, 0.15) is 16.7 Å². The summed E-state index contributed by atoms with van der Waals surface area (Å²) in [7, 11) is 0. The molecular formula is C16H12Cl2O2. The zero-order valence-corrected chi connectivity index (χ0v) is 12.2. The topological polar surface area (TPSA) is 37.3 Å². The van der Waals surface area contributed by atoms with Crippen LogP contribution >= 0.6 is 23.2 Å². The third-order valence-corrected chi connectivity index (χ3v) is 3.37. The summed E-state index contributed by atoms with van der Waals surface area (Å²) in [5.74, 6) is -1.05. The van der Waals surface area contributed by atoms with Crippen LogP contribution in [0.15, 0.2) is 42.5 Å². The number of carboxylic acid groups (broad SMARTS) is 1. The van der Waals surface area contributed by atoms with Crippen molar-refractivity contribution in [2.24, 2.45) is 0 Å². The molecule has 0 saturated carbocycles.